The number of anilines is 2. The first-order valence-electron chi connectivity index (χ1n) is 8.46. The van der Waals surface area contributed by atoms with Crippen molar-refractivity contribution in [1.29, 1.82) is 5.26 Å². The Morgan fingerprint density at radius 2 is 2.00 bits per heavy atom. The third-order valence-corrected chi connectivity index (χ3v) is 6.41. The van der Waals surface area contributed by atoms with Gasteiger partial charge in [0.2, 0.25) is 0 Å². The van der Waals surface area contributed by atoms with E-state index in [1.807, 2.05) is 6.07 Å². The molecular weight excluding hydrogens is 411 g/mol. The molecular formula is C17H18F3N5O3S. The van der Waals surface area contributed by atoms with Crippen molar-refractivity contribution in [3.8, 4) is 6.07 Å². The first-order valence-corrected chi connectivity index (χ1v) is 10.3. The standard InChI is InChI=1S/C17H18F3N5O3S/c18-17(19,20)11-1-3-12(4-2-11)23-16-13(15(22)26)8-25(24-16)14-5-6-29(27,28)9-10(14)7-21/h1-4,8,10,14,27-28H,5-6,9H2,(H2,22,26)(H,23,24). The number of amides is 1. The molecule has 1 aromatic carbocycles. The van der Waals surface area contributed by atoms with Crippen molar-refractivity contribution in [1.82, 2.24) is 9.78 Å². The number of hydrogen-bond donors (Lipinski definition) is 4. The molecule has 1 aromatic heterocycles. The van der Waals surface area contributed by atoms with E-state index in [2.05, 4.69) is 10.4 Å². The summed E-state index contributed by atoms with van der Waals surface area (Å²) in [7, 11) is -2.83. The zero-order valence-electron chi connectivity index (χ0n) is 14.9. The van der Waals surface area contributed by atoms with E-state index in [1.165, 1.54) is 23.0 Å². The highest BCUT2D eigenvalue weighted by Gasteiger charge is 2.36. The van der Waals surface area contributed by atoms with Crippen LogP contribution in [0.5, 0.6) is 0 Å². The Morgan fingerprint density at radius 3 is 2.55 bits per heavy atom. The summed E-state index contributed by atoms with van der Waals surface area (Å²) in [5.74, 6) is -1.50. The van der Waals surface area contributed by atoms with Crippen LogP contribution in [0.25, 0.3) is 0 Å². The van der Waals surface area contributed by atoms with E-state index in [0.717, 1.165) is 12.1 Å². The summed E-state index contributed by atoms with van der Waals surface area (Å²) in [5, 5.41) is 16.4. The summed E-state index contributed by atoms with van der Waals surface area (Å²) in [6.07, 6.45) is -2.86. The monoisotopic (exact) mass is 429 g/mol. The number of carbonyl (C=O) groups is 1. The van der Waals surface area contributed by atoms with Gasteiger partial charge in [0, 0.05) is 17.6 Å². The molecule has 0 spiro atoms. The zero-order chi connectivity index (χ0) is 21.4. The lowest BCUT2D eigenvalue weighted by atomic mass is 10.0. The molecule has 1 saturated heterocycles. The lowest BCUT2D eigenvalue weighted by molar-refractivity contribution is -0.137. The van der Waals surface area contributed by atoms with E-state index in [9.17, 15) is 32.3 Å². The van der Waals surface area contributed by atoms with Crippen LogP contribution in [0, 0.1) is 17.2 Å². The van der Waals surface area contributed by atoms with Gasteiger partial charge in [-0.25, -0.2) is 0 Å². The molecule has 1 aliphatic heterocycles. The van der Waals surface area contributed by atoms with Crippen LogP contribution in [-0.2, 0) is 6.18 Å². The zero-order valence-corrected chi connectivity index (χ0v) is 15.7. The summed E-state index contributed by atoms with van der Waals surface area (Å²) >= 11 is 0. The van der Waals surface area contributed by atoms with Gasteiger partial charge in [-0.2, -0.15) is 34.1 Å². The van der Waals surface area contributed by atoms with Crippen LogP contribution in [-0.4, -0.2) is 36.3 Å². The van der Waals surface area contributed by atoms with Gasteiger partial charge in [-0.05, 0) is 30.7 Å². The molecule has 12 heteroatoms. The van der Waals surface area contributed by atoms with Crippen LogP contribution in [0.4, 0.5) is 24.7 Å². The van der Waals surface area contributed by atoms with E-state index < -0.39 is 40.2 Å². The number of aromatic nitrogens is 2. The number of nitrogens with two attached hydrogens (primary N) is 1. The molecule has 0 bridgehead atoms. The van der Waals surface area contributed by atoms with Gasteiger partial charge in [0.25, 0.3) is 5.91 Å². The highest BCUT2D eigenvalue weighted by atomic mass is 32.3. The smallest absolute Gasteiger partial charge is 0.365 e. The third kappa shape index (κ3) is 4.64. The Balaban J connectivity index is 1.88. The van der Waals surface area contributed by atoms with E-state index in [1.54, 1.807) is 0 Å². The van der Waals surface area contributed by atoms with Gasteiger partial charge in [0.1, 0.15) is 5.56 Å². The Bertz CT molecular complexity index is 953. The van der Waals surface area contributed by atoms with E-state index >= 15 is 0 Å². The summed E-state index contributed by atoms with van der Waals surface area (Å²) in [6.45, 7) is 0. The fourth-order valence-electron chi connectivity index (χ4n) is 3.15. The van der Waals surface area contributed by atoms with Gasteiger partial charge in [0.15, 0.2) is 5.82 Å². The lowest BCUT2D eigenvalue weighted by Crippen LogP contribution is -2.31. The number of nitrogens with zero attached hydrogens (tertiary/aromatic N) is 3. The SMILES string of the molecule is N#CC1CS(O)(O)CCC1n1cc(C(N)=O)c(Nc2ccc(C(F)(F)F)cc2)n1. The Labute approximate surface area is 165 Å². The highest BCUT2D eigenvalue weighted by Crippen LogP contribution is 2.49. The quantitative estimate of drug-likeness (QED) is 0.586. The second-order valence-corrected chi connectivity index (χ2v) is 9.05. The Morgan fingerprint density at radius 1 is 1.34 bits per heavy atom. The average molecular weight is 429 g/mol. The molecule has 0 saturated carbocycles. The predicted octanol–water partition coefficient (Wildman–Crippen LogP) is 3.58. The fraction of sp³-hybridized carbons (Fsp3) is 0.353. The van der Waals surface area contributed by atoms with Gasteiger partial charge >= 0.3 is 6.18 Å². The normalized spacial score (nSPS) is 22.5. The van der Waals surface area contributed by atoms with Crippen molar-refractivity contribution in [2.75, 3.05) is 16.8 Å². The lowest BCUT2D eigenvalue weighted by Gasteiger charge is -2.41. The van der Waals surface area contributed by atoms with Crippen LogP contribution < -0.4 is 11.1 Å². The molecule has 0 radical (unpaired) electrons. The summed E-state index contributed by atoms with van der Waals surface area (Å²) in [6, 6.07) is 5.70. The fourth-order valence-corrected chi connectivity index (χ4v) is 4.80. The molecule has 8 nitrogen and oxygen atoms in total. The van der Waals surface area contributed by atoms with Crippen LogP contribution in [0.3, 0.4) is 0 Å². The molecule has 156 valence electrons. The average Bonchev–Trinajstić information content (AvgIpc) is 3.04. The Kier molecular flexibility index (Phi) is 5.48. The summed E-state index contributed by atoms with van der Waals surface area (Å²) in [5.41, 5.74) is 4.83. The minimum Gasteiger partial charge on any atom is -0.365 e. The molecule has 1 aliphatic rings. The van der Waals surface area contributed by atoms with Gasteiger partial charge in [0.05, 0.1) is 29.3 Å². The number of alkyl halides is 3. The summed E-state index contributed by atoms with van der Waals surface area (Å²) in [4.78, 5) is 11.8. The first kappa shape index (κ1) is 21.0. The number of benzene rings is 1. The Hall–Kier alpha value is -2.75. The molecule has 29 heavy (non-hydrogen) atoms. The van der Waals surface area contributed by atoms with Crippen LogP contribution in [0.2, 0.25) is 0 Å². The van der Waals surface area contributed by atoms with E-state index in [4.69, 9.17) is 5.73 Å². The number of hydrogen-bond acceptors (Lipinski definition) is 6. The predicted molar refractivity (Wildman–Crippen MR) is 101 cm³/mol. The maximum atomic E-state index is 12.7. The van der Waals surface area contributed by atoms with Crippen molar-refractivity contribution in [3.05, 3.63) is 41.6 Å². The molecule has 2 aromatic rings. The molecule has 2 heterocycles. The van der Waals surface area contributed by atoms with Crippen molar-refractivity contribution < 1.29 is 27.1 Å². The maximum absolute atomic E-state index is 12.7. The third-order valence-electron chi connectivity index (χ3n) is 4.63. The molecule has 3 rings (SSSR count). The number of primary amides is 1. The van der Waals surface area contributed by atoms with Crippen molar-refractivity contribution in [2.45, 2.75) is 18.6 Å². The minimum atomic E-state index is -4.47. The van der Waals surface area contributed by atoms with Gasteiger partial charge < -0.3 is 11.1 Å². The minimum absolute atomic E-state index is 0.00114. The molecule has 2 atom stereocenters. The maximum Gasteiger partial charge on any atom is 0.416 e. The summed E-state index contributed by atoms with van der Waals surface area (Å²) < 4.78 is 59.2. The number of nitrogens with one attached hydrogen (secondary N) is 1. The van der Waals surface area contributed by atoms with Crippen LogP contribution in [0.15, 0.2) is 30.5 Å². The second kappa shape index (κ2) is 7.58. The van der Waals surface area contributed by atoms with E-state index in [0.29, 0.717) is 0 Å². The molecule has 0 aliphatic carbocycles. The van der Waals surface area contributed by atoms with Gasteiger partial charge in [-0.3, -0.25) is 18.6 Å². The second-order valence-electron chi connectivity index (χ2n) is 6.70. The number of rotatable bonds is 4. The number of carbonyl (C=O) groups excluding carboxylic acids is 1. The molecule has 1 fully saturated rings. The highest BCUT2D eigenvalue weighted by molar-refractivity contribution is 8.24. The van der Waals surface area contributed by atoms with Crippen molar-refractivity contribution in [2.24, 2.45) is 11.7 Å². The van der Waals surface area contributed by atoms with Crippen molar-refractivity contribution >= 4 is 28.0 Å². The number of halogens is 3. The largest absolute Gasteiger partial charge is 0.416 e. The van der Waals surface area contributed by atoms with Gasteiger partial charge in [-0.1, -0.05) is 0 Å². The molecule has 5 N–H and O–H groups in total. The topological polar surface area (TPSA) is 137 Å². The van der Waals surface area contributed by atoms with Crippen LogP contribution in [0.1, 0.15) is 28.4 Å². The van der Waals surface area contributed by atoms with Crippen LogP contribution >= 0.6 is 10.6 Å². The van der Waals surface area contributed by atoms with Gasteiger partial charge in [-0.15, -0.1) is 0 Å². The molecule has 1 amide bonds. The molecule has 2 unspecified atom stereocenters. The van der Waals surface area contributed by atoms with Crippen molar-refractivity contribution in [3.63, 3.8) is 0 Å². The van der Waals surface area contributed by atoms with E-state index in [-0.39, 0.29) is 35.0 Å². The number of nitriles is 1. The first-order chi connectivity index (χ1) is 13.5.